The number of ketones is 1. The lowest BCUT2D eigenvalue weighted by Crippen LogP contribution is -2.05. The Bertz CT molecular complexity index is 366. The van der Waals surface area contributed by atoms with Gasteiger partial charge in [-0.15, -0.1) is 0 Å². The molecule has 0 spiro atoms. The van der Waals surface area contributed by atoms with Crippen molar-refractivity contribution in [2.75, 3.05) is 0 Å². The number of aldehydes is 1. The Labute approximate surface area is 96.0 Å². The molecule has 0 saturated carbocycles. The predicted octanol–water partition coefficient (Wildman–Crippen LogP) is 3.04. The van der Waals surface area contributed by atoms with E-state index in [1.54, 1.807) is 6.08 Å². The number of carbonyl (C=O) groups excluding carboxylic acids is 2. The Morgan fingerprint density at radius 3 is 2.62 bits per heavy atom. The van der Waals surface area contributed by atoms with Crippen molar-refractivity contribution in [2.24, 2.45) is 5.92 Å². The molecule has 0 radical (unpaired) electrons. The molecule has 0 aliphatic heterocycles. The first-order valence-corrected chi connectivity index (χ1v) is 5.42. The first-order valence-electron chi connectivity index (χ1n) is 5.42. The Morgan fingerprint density at radius 1 is 1.31 bits per heavy atom. The summed E-state index contributed by atoms with van der Waals surface area (Å²) in [6, 6.07) is 9.29. The lowest BCUT2D eigenvalue weighted by atomic mass is 9.97. The van der Waals surface area contributed by atoms with E-state index >= 15 is 0 Å². The number of Topliss-reactive ketones (excluding diaryl/α,β-unsaturated/α-hetero) is 1. The van der Waals surface area contributed by atoms with Gasteiger partial charge in [0.2, 0.25) is 0 Å². The second-order valence-electron chi connectivity index (χ2n) is 3.90. The van der Waals surface area contributed by atoms with Crippen molar-refractivity contribution in [2.45, 2.75) is 19.8 Å². The molecular weight excluding hydrogens is 200 g/mol. The van der Waals surface area contributed by atoms with Gasteiger partial charge in [-0.05, 0) is 18.4 Å². The summed E-state index contributed by atoms with van der Waals surface area (Å²) in [5.74, 6) is 0.427. The van der Waals surface area contributed by atoms with Gasteiger partial charge in [-0.3, -0.25) is 9.59 Å². The standard InChI is InChI=1S/C14H16O2/c1-12(7-5-6-10-15)11-14(16)13-8-3-2-4-9-13/h2-6,8-10,12H,7,11H2,1H3. The van der Waals surface area contributed by atoms with Gasteiger partial charge < -0.3 is 0 Å². The number of rotatable bonds is 6. The van der Waals surface area contributed by atoms with Gasteiger partial charge in [0.05, 0.1) is 0 Å². The molecule has 2 nitrogen and oxygen atoms in total. The summed E-state index contributed by atoms with van der Waals surface area (Å²) in [7, 11) is 0. The Hall–Kier alpha value is -1.70. The molecule has 0 amide bonds. The first-order chi connectivity index (χ1) is 7.74. The van der Waals surface area contributed by atoms with E-state index in [1.807, 2.05) is 37.3 Å². The quantitative estimate of drug-likeness (QED) is 0.416. The summed E-state index contributed by atoms with van der Waals surface area (Å²) in [5.41, 5.74) is 0.758. The lowest BCUT2D eigenvalue weighted by Gasteiger charge is -2.07. The summed E-state index contributed by atoms with van der Waals surface area (Å²) in [5, 5.41) is 0. The highest BCUT2D eigenvalue weighted by molar-refractivity contribution is 5.96. The molecule has 1 atom stereocenters. The number of carbonyl (C=O) groups is 2. The second-order valence-corrected chi connectivity index (χ2v) is 3.90. The molecule has 0 aliphatic rings. The van der Waals surface area contributed by atoms with Gasteiger partial charge in [0, 0.05) is 12.0 Å². The fourth-order valence-electron chi connectivity index (χ4n) is 1.51. The third-order valence-corrected chi connectivity index (χ3v) is 2.38. The van der Waals surface area contributed by atoms with Crippen LogP contribution in [0.25, 0.3) is 0 Å². The molecule has 0 bridgehead atoms. The zero-order valence-electron chi connectivity index (χ0n) is 9.43. The van der Waals surface area contributed by atoms with Crippen molar-refractivity contribution in [3.8, 4) is 0 Å². The normalized spacial score (nSPS) is 12.6. The maximum atomic E-state index is 11.8. The van der Waals surface area contributed by atoms with E-state index in [0.717, 1.165) is 18.3 Å². The van der Waals surface area contributed by atoms with Gasteiger partial charge in [0.25, 0.3) is 0 Å². The highest BCUT2D eigenvalue weighted by Crippen LogP contribution is 2.13. The Kier molecular flexibility index (Phi) is 5.20. The smallest absolute Gasteiger partial charge is 0.163 e. The minimum atomic E-state index is 0.160. The molecule has 0 fully saturated rings. The van der Waals surface area contributed by atoms with Crippen molar-refractivity contribution >= 4 is 12.1 Å². The van der Waals surface area contributed by atoms with E-state index in [2.05, 4.69) is 0 Å². The van der Waals surface area contributed by atoms with Crippen LogP contribution in [0.2, 0.25) is 0 Å². The molecule has 1 unspecified atom stereocenters. The van der Waals surface area contributed by atoms with E-state index in [0.29, 0.717) is 6.42 Å². The summed E-state index contributed by atoms with van der Waals surface area (Å²) in [6.45, 7) is 2.01. The maximum Gasteiger partial charge on any atom is 0.163 e. The van der Waals surface area contributed by atoms with Crippen LogP contribution in [0, 0.1) is 5.92 Å². The Morgan fingerprint density at radius 2 is 2.00 bits per heavy atom. The maximum absolute atomic E-state index is 11.8. The second kappa shape index (κ2) is 6.72. The topological polar surface area (TPSA) is 34.1 Å². The van der Waals surface area contributed by atoms with Crippen molar-refractivity contribution in [1.82, 2.24) is 0 Å². The summed E-state index contributed by atoms with van der Waals surface area (Å²) >= 11 is 0. The summed E-state index contributed by atoms with van der Waals surface area (Å²) in [4.78, 5) is 21.9. The summed E-state index contributed by atoms with van der Waals surface area (Å²) in [6.07, 6.45) is 5.32. The zero-order valence-corrected chi connectivity index (χ0v) is 9.43. The number of allylic oxidation sites excluding steroid dienone is 2. The Balaban J connectivity index is 2.45. The molecular formula is C14H16O2. The van der Waals surface area contributed by atoms with Gasteiger partial charge in [-0.1, -0.05) is 43.3 Å². The molecule has 0 aromatic heterocycles. The molecule has 0 N–H and O–H groups in total. The van der Waals surface area contributed by atoms with Gasteiger partial charge in [-0.2, -0.15) is 0 Å². The van der Waals surface area contributed by atoms with Crippen LogP contribution in [0.15, 0.2) is 42.5 Å². The van der Waals surface area contributed by atoms with E-state index < -0.39 is 0 Å². The van der Waals surface area contributed by atoms with Gasteiger partial charge >= 0.3 is 0 Å². The SMILES string of the molecule is CC(CC=CC=O)CC(=O)c1ccccc1. The number of hydrogen-bond donors (Lipinski definition) is 0. The molecule has 0 aliphatic carbocycles. The van der Waals surface area contributed by atoms with Crippen LogP contribution in [-0.4, -0.2) is 12.1 Å². The number of benzene rings is 1. The molecule has 1 rings (SSSR count). The van der Waals surface area contributed by atoms with Crippen molar-refractivity contribution in [1.29, 1.82) is 0 Å². The zero-order chi connectivity index (χ0) is 11.8. The first kappa shape index (κ1) is 12.4. The predicted molar refractivity (Wildman–Crippen MR) is 64.4 cm³/mol. The van der Waals surface area contributed by atoms with Crippen molar-refractivity contribution < 1.29 is 9.59 Å². The third kappa shape index (κ3) is 4.22. The van der Waals surface area contributed by atoms with Crippen LogP contribution in [-0.2, 0) is 4.79 Å². The third-order valence-electron chi connectivity index (χ3n) is 2.38. The van der Waals surface area contributed by atoms with Crippen LogP contribution >= 0.6 is 0 Å². The van der Waals surface area contributed by atoms with Crippen molar-refractivity contribution in [3.63, 3.8) is 0 Å². The van der Waals surface area contributed by atoms with Crippen LogP contribution in [0.3, 0.4) is 0 Å². The molecule has 0 saturated heterocycles. The minimum Gasteiger partial charge on any atom is -0.299 e. The summed E-state index contributed by atoms with van der Waals surface area (Å²) < 4.78 is 0. The fraction of sp³-hybridized carbons (Fsp3) is 0.286. The molecule has 84 valence electrons. The molecule has 1 aromatic carbocycles. The minimum absolute atomic E-state index is 0.160. The van der Waals surface area contributed by atoms with Crippen molar-refractivity contribution in [3.05, 3.63) is 48.0 Å². The molecule has 1 aromatic rings. The van der Waals surface area contributed by atoms with Gasteiger partial charge in [-0.25, -0.2) is 0 Å². The largest absolute Gasteiger partial charge is 0.299 e. The average Bonchev–Trinajstić information content (AvgIpc) is 2.30. The highest BCUT2D eigenvalue weighted by Gasteiger charge is 2.09. The fourth-order valence-corrected chi connectivity index (χ4v) is 1.51. The molecule has 0 heterocycles. The van der Waals surface area contributed by atoms with E-state index in [-0.39, 0.29) is 11.7 Å². The molecule has 16 heavy (non-hydrogen) atoms. The van der Waals surface area contributed by atoms with E-state index in [4.69, 9.17) is 0 Å². The van der Waals surface area contributed by atoms with Crippen LogP contribution in [0.5, 0.6) is 0 Å². The number of hydrogen-bond acceptors (Lipinski definition) is 2. The monoisotopic (exact) mass is 216 g/mol. The van der Waals surface area contributed by atoms with E-state index in [9.17, 15) is 9.59 Å². The van der Waals surface area contributed by atoms with Gasteiger partial charge in [0.1, 0.15) is 6.29 Å². The highest BCUT2D eigenvalue weighted by atomic mass is 16.1. The van der Waals surface area contributed by atoms with Crippen LogP contribution in [0.4, 0.5) is 0 Å². The van der Waals surface area contributed by atoms with Crippen LogP contribution in [0.1, 0.15) is 30.1 Å². The lowest BCUT2D eigenvalue weighted by molar-refractivity contribution is -0.104. The van der Waals surface area contributed by atoms with Crippen LogP contribution < -0.4 is 0 Å². The molecule has 2 heteroatoms. The van der Waals surface area contributed by atoms with E-state index in [1.165, 1.54) is 6.08 Å². The van der Waals surface area contributed by atoms with Gasteiger partial charge in [0.15, 0.2) is 5.78 Å². The average molecular weight is 216 g/mol.